The van der Waals surface area contributed by atoms with Gasteiger partial charge in [-0.1, -0.05) is 44.5 Å². The van der Waals surface area contributed by atoms with Crippen LogP contribution >= 0.6 is 11.8 Å². The Balaban J connectivity index is 1.54. The third-order valence-corrected chi connectivity index (χ3v) is 7.20. The standard InChI is InChI=1S/C29H30F6O2S/c1-4-5-19(2)26(28(30,31)32)16-17-36-21-8-12-24(13-9-21)38-25-14-10-22(11-15-25)37-23-7-6-20(3)27(18-23)29(33,34)35/h6-15,18-19,26H,4-5,16-17H2,1-3H3. The Labute approximate surface area is 223 Å². The van der Waals surface area contributed by atoms with Gasteiger partial charge < -0.3 is 9.47 Å². The second kappa shape index (κ2) is 12.8. The van der Waals surface area contributed by atoms with E-state index in [4.69, 9.17) is 9.47 Å². The van der Waals surface area contributed by atoms with Gasteiger partial charge in [0.25, 0.3) is 0 Å². The summed E-state index contributed by atoms with van der Waals surface area (Å²) in [5.74, 6) is -0.838. The SMILES string of the molecule is CCCC(C)C(CCOc1ccc(Sc2ccc(Oc3ccc(C)c(C(F)(F)F)c3)cc2)cc1)C(F)(F)F. The predicted octanol–water partition coefficient (Wildman–Crippen LogP) is 10.3. The van der Waals surface area contributed by atoms with E-state index in [9.17, 15) is 26.3 Å². The molecule has 206 valence electrons. The van der Waals surface area contributed by atoms with Crippen LogP contribution in [0.2, 0.25) is 0 Å². The highest BCUT2D eigenvalue weighted by Crippen LogP contribution is 2.38. The molecule has 0 spiro atoms. The van der Waals surface area contributed by atoms with Crippen molar-refractivity contribution in [2.75, 3.05) is 6.61 Å². The molecule has 3 aromatic carbocycles. The Morgan fingerprint density at radius 1 is 0.763 bits per heavy atom. The van der Waals surface area contributed by atoms with Crippen molar-refractivity contribution in [3.05, 3.63) is 77.9 Å². The Bertz CT molecular complexity index is 1160. The molecule has 0 fully saturated rings. The van der Waals surface area contributed by atoms with Gasteiger partial charge in [-0.3, -0.25) is 0 Å². The van der Waals surface area contributed by atoms with Crippen molar-refractivity contribution in [3.63, 3.8) is 0 Å². The molecule has 2 unspecified atom stereocenters. The van der Waals surface area contributed by atoms with Crippen LogP contribution in [0, 0.1) is 18.8 Å². The Morgan fingerprint density at radius 3 is 1.84 bits per heavy atom. The summed E-state index contributed by atoms with van der Waals surface area (Å²) in [7, 11) is 0. The van der Waals surface area contributed by atoms with Crippen molar-refractivity contribution in [1.82, 2.24) is 0 Å². The molecule has 0 aliphatic carbocycles. The number of aryl methyl sites for hydroxylation is 1. The van der Waals surface area contributed by atoms with Gasteiger partial charge in [-0.05, 0) is 85.5 Å². The van der Waals surface area contributed by atoms with Crippen LogP contribution in [0.1, 0.15) is 44.2 Å². The van der Waals surface area contributed by atoms with Crippen molar-refractivity contribution in [3.8, 4) is 17.2 Å². The van der Waals surface area contributed by atoms with Crippen LogP contribution in [0.3, 0.4) is 0 Å². The summed E-state index contributed by atoms with van der Waals surface area (Å²) >= 11 is 1.45. The zero-order valence-corrected chi connectivity index (χ0v) is 22.1. The third kappa shape index (κ3) is 8.61. The first kappa shape index (κ1) is 29.7. The van der Waals surface area contributed by atoms with Crippen LogP contribution in [0.25, 0.3) is 0 Å². The quantitative estimate of drug-likeness (QED) is 0.219. The van der Waals surface area contributed by atoms with E-state index in [0.29, 0.717) is 24.3 Å². The average molecular weight is 557 g/mol. The Kier molecular flexibility index (Phi) is 10.0. The predicted molar refractivity (Wildman–Crippen MR) is 137 cm³/mol. The highest BCUT2D eigenvalue weighted by Gasteiger charge is 2.42. The second-order valence-corrected chi connectivity index (χ2v) is 10.3. The molecule has 0 aromatic heterocycles. The molecule has 2 atom stereocenters. The number of benzene rings is 3. The van der Waals surface area contributed by atoms with Gasteiger partial charge in [0.15, 0.2) is 0 Å². The van der Waals surface area contributed by atoms with E-state index in [1.807, 2.05) is 19.1 Å². The molecule has 0 aliphatic rings. The zero-order valence-electron chi connectivity index (χ0n) is 21.3. The van der Waals surface area contributed by atoms with Crippen molar-refractivity contribution in [1.29, 1.82) is 0 Å². The van der Waals surface area contributed by atoms with E-state index in [0.717, 1.165) is 15.9 Å². The minimum atomic E-state index is -4.46. The summed E-state index contributed by atoms with van der Waals surface area (Å²) in [5.41, 5.74) is -0.610. The highest BCUT2D eigenvalue weighted by molar-refractivity contribution is 7.99. The molecule has 2 nitrogen and oxygen atoms in total. The van der Waals surface area contributed by atoms with E-state index in [-0.39, 0.29) is 24.3 Å². The lowest BCUT2D eigenvalue weighted by Gasteiger charge is -2.26. The normalized spacial score (nSPS) is 13.7. The van der Waals surface area contributed by atoms with Crippen LogP contribution in [-0.2, 0) is 6.18 Å². The first-order valence-electron chi connectivity index (χ1n) is 12.3. The lowest BCUT2D eigenvalue weighted by molar-refractivity contribution is -0.191. The van der Waals surface area contributed by atoms with E-state index < -0.39 is 29.8 Å². The molecular weight excluding hydrogens is 526 g/mol. The van der Waals surface area contributed by atoms with Gasteiger partial charge in [-0.25, -0.2) is 0 Å². The van der Waals surface area contributed by atoms with E-state index >= 15 is 0 Å². The highest BCUT2D eigenvalue weighted by atomic mass is 32.2. The summed E-state index contributed by atoms with van der Waals surface area (Å²) in [6.45, 7) is 4.90. The molecular formula is C29H30F6O2S. The molecule has 0 aliphatic heterocycles. The fourth-order valence-corrected chi connectivity index (χ4v) is 4.97. The van der Waals surface area contributed by atoms with Crippen molar-refractivity contribution in [2.24, 2.45) is 11.8 Å². The van der Waals surface area contributed by atoms with Crippen LogP contribution in [0.15, 0.2) is 76.5 Å². The summed E-state index contributed by atoms with van der Waals surface area (Å²) in [6, 6.07) is 17.8. The molecule has 3 aromatic rings. The largest absolute Gasteiger partial charge is 0.494 e. The molecule has 0 N–H and O–H groups in total. The fourth-order valence-electron chi connectivity index (χ4n) is 4.15. The smallest absolute Gasteiger partial charge is 0.416 e. The molecule has 9 heteroatoms. The minimum absolute atomic E-state index is 0.0162. The molecule has 0 bridgehead atoms. The van der Waals surface area contributed by atoms with Gasteiger partial charge in [0, 0.05) is 9.79 Å². The Morgan fingerprint density at radius 2 is 1.32 bits per heavy atom. The average Bonchev–Trinajstić information content (AvgIpc) is 2.84. The number of rotatable bonds is 11. The molecule has 0 radical (unpaired) electrons. The fraction of sp³-hybridized carbons (Fsp3) is 0.379. The summed E-state index contributed by atoms with van der Waals surface area (Å²) in [5, 5.41) is 0. The summed E-state index contributed by atoms with van der Waals surface area (Å²) in [4.78, 5) is 1.77. The van der Waals surface area contributed by atoms with E-state index in [1.54, 1.807) is 43.3 Å². The Hall–Kier alpha value is -2.81. The lowest BCUT2D eigenvalue weighted by Crippen LogP contribution is -2.30. The van der Waals surface area contributed by atoms with Gasteiger partial charge in [0.1, 0.15) is 17.2 Å². The maximum atomic E-state index is 13.4. The van der Waals surface area contributed by atoms with Gasteiger partial charge in [-0.15, -0.1) is 0 Å². The van der Waals surface area contributed by atoms with Crippen molar-refractivity contribution >= 4 is 11.8 Å². The first-order valence-corrected chi connectivity index (χ1v) is 13.1. The number of hydrogen-bond donors (Lipinski definition) is 0. The van der Waals surface area contributed by atoms with Crippen LogP contribution in [-0.4, -0.2) is 12.8 Å². The van der Waals surface area contributed by atoms with Crippen molar-refractivity contribution < 1.29 is 35.8 Å². The first-order chi connectivity index (χ1) is 17.9. The van der Waals surface area contributed by atoms with E-state index in [2.05, 4.69) is 0 Å². The molecule has 3 rings (SSSR count). The summed E-state index contributed by atoms with van der Waals surface area (Å²) < 4.78 is 90.7. The van der Waals surface area contributed by atoms with Crippen LogP contribution < -0.4 is 9.47 Å². The topological polar surface area (TPSA) is 18.5 Å². The lowest BCUT2D eigenvalue weighted by atomic mass is 9.87. The van der Waals surface area contributed by atoms with Crippen LogP contribution in [0.5, 0.6) is 17.2 Å². The minimum Gasteiger partial charge on any atom is -0.494 e. The molecule has 0 heterocycles. The van der Waals surface area contributed by atoms with Gasteiger partial charge in [0.2, 0.25) is 0 Å². The molecule has 0 amide bonds. The van der Waals surface area contributed by atoms with Crippen molar-refractivity contribution in [2.45, 2.75) is 62.2 Å². The van der Waals surface area contributed by atoms with E-state index in [1.165, 1.54) is 30.8 Å². The zero-order chi connectivity index (χ0) is 27.9. The van der Waals surface area contributed by atoms with Crippen LogP contribution in [0.4, 0.5) is 26.3 Å². The van der Waals surface area contributed by atoms with Gasteiger partial charge in [0.05, 0.1) is 18.1 Å². The molecule has 0 saturated carbocycles. The molecule has 0 saturated heterocycles. The summed E-state index contributed by atoms with van der Waals surface area (Å²) in [6.07, 6.45) is -7.56. The van der Waals surface area contributed by atoms with Gasteiger partial charge >= 0.3 is 12.4 Å². The monoisotopic (exact) mass is 556 g/mol. The molecule has 38 heavy (non-hydrogen) atoms. The van der Waals surface area contributed by atoms with Gasteiger partial charge in [-0.2, -0.15) is 26.3 Å². The second-order valence-electron chi connectivity index (χ2n) is 9.17. The number of halogens is 6. The number of ether oxygens (including phenoxy) is 2. The maximum absolute atomic E-state index is 13.4. The third-order valence-electron chi connectivity index (χ3n) is 6.18. The maximum Gasteiger partial charge on any atom is 0.416 e. The number of alkyl halides is 6. The number of hydrogen-bond acceptors (Lipinski definition) is 3.